The number of halogens is 2. The lowest BCUT2D eigenvalue weighted by atomic mass is 10.1. The molecule has 4 heteroatoms. The van der Waals surface area contributed by atoms with E-state index >= 15 is 0 Å². The van der Waals surface area contributed by atoms with Crippen LogP contribution in [0.5, 0.6) is 0 Å². The van der Waals surface area contributed by atoms with Gasteiger partial charge in [0.25, 0.3) is 0 Å². The number of amides is 1. The van der Waals surface area contributed by atoms with Crippen LogP contribution < -0.4 is 5.32 Å². The summed E-state index contributed by atoms with van der Waals surface area (Å²) in [6.07, 6.45) is 3.05. The first-order valence-electron chi connectivity index (χ1n) is 5.24. The molecule has 0 atom stereocenters. The number of carbonyl (C=O) groups is 1. The van der Waals surface area contributed by atoms with Gasteiger partial charge >= 0.3 is 0 Å². The molecule has 0 saturated carbocycles. The molecule has 0 aromatic heterocycles. The fraction of sp³-hybridized carbons (Fsp3) is 0.308. The molecular formula is C13H15Cl2NO. The zero-order chi connectivity index (χ0) is 13.1. The normalized spacial score (nSPS) is 11.8. The molecule has 1 rings (SSSR count). The largest absolute Gasteiger partial charge is 0.348 e. The molecule has 0 bridgehead atoms. The van der Waals surface area contributed by atoms with E-state index < -0.39 is 0 Å². The summed E-state index contributed by atoms with van der Waals surface area (Å²) in [5.74, 6) is -0.173. The van der Waals surface area contributed by atoms with Gasteiger partial charge in [-0.25, -0.2) is 0 Å². The fourth-order valence-electron chi connectivity index (χ4n) is 1.24. The maximum absolute atomic E-state index is 11.6. The van der Waals surface area contributed by atoms with Gasteiger partial charge in [0.2, 0.25) is 5.91 Å². The van der Waals surface area contributed by atoms with Gasteiger partial charge in [0.15, 0.2) is 0 Å². The Kier molecular flexibility index (Phi) is 4.61. The summed E-state index contributed by atoms with van der Waals surface area (Å²) in [7, 11) is 0. The molecule has 0 unspecified atom stereocenters. The third-order valence-corrected chi connectivity index (χ3v) is 2.56. The van der Waals surface area contributed by atoms with Gasteiger partial charge in [-0.3, -0.25) is 4.79 Å². The third-order valence-electron chi connectivity index (χ3n) is 1.90. The van der Waals surface area contributed by atoms with Gasteiger partial charge in [0.05, 0.1) is 0 Å². The molecule has 17 heavy (non-hydrogen) atoms. The molecule has 1 N–H and O–H groups in total. The molecule has 1 aromatic rings. The van der Waals surface area contributed by atoms with Crippen LogP contribution >= 0.6 is 23.2 Å². The van der Waals surface area contributed by atoms with E-state index in [9.17, 15) is 4.79 Å². The Morgan fingerprint density at radius 1 is 1.24 bits per heavy atom. The molecule has 0 spiro atoms. The first kappa shape index (κ1) is 14.1. The molecular weight excluding hydrogens is 257 g/mol. The molecule has 0 saturated heterocycles. The van der Waals surface area contributed by atoms with Crippen molar-refractivity contribution in [3.63, 3.8) is 0 Å². The van der Waals surface area contributed by atoms with Gasteiger partial charge in [0, 0.05) is 27.2 Å². The average molecular weight is 272 g/mol. The van der Waals surface area contributed by atoms with Gasteiger partial charge in [-0.15, -0.1) is 0 Å². The second-order valence-corrected chi connectivity index (χ2v) is 5.52. The lowest BCUT2D eigenvalue weighted by Gasteiger charge is -2.19. The van der Waals surface area contributed by atoms with Crippen molar-refractivity contribution in [1.29, 1.82) is 0 Å². The molecule has 92 valence electrons. The van der Waals surface area contributed by atoms with E-state index in [2.05, 4.69) is 5.32 Å². The quantitative estimate of drug-likeness (QED) is 0.812. The summed E-state index contributed by atoms with van der Waals surface area (Å²) < 4.78 is 0. The number of hydrogen-bond donors (Lipinski definition) is 1. The third kappa shape index (κ3) is 4.80. The molecule has 1 aromatic carbocycles. The van der Waals surface area contributed by atoms with E-state index in [4.69, 9.17) is 23.2 Å². The van der Waals surface area contributed by atoms with Crippen LogP contribution in [0, 0.1) is 0 Å². The Hall–Kier alpha value is -0.990. The summed E-state index contributed by atoms with van der Waals surface area (Å²) in [5, 5.41) is 3.87. The van der Waals surface area contributed by atoms with Crippen LogP contribution in [0.15, 0.2) is 24.3 Å². The highest BCUT2D eigenvalue weighted by Gasteiger charge is 2.11. The van der Waals surface area contributed by atoms with Crippen LogP contribution in [-0.2, 0) is 4.79 Å². The molecule has 2 nitrogen and oxygen atoms in total. The SMILES string of the molecule is CC(C)(C)NC(=O)C=Cc1c(Cl)cccc1Cl. The van der Waals surface area contributed by atoms with E-state index in [1.165, 1.54) is 6.08 Å². The van der Waals surface area contributed by atoms with Crippen molar-refractivity contribution in [2.45, 2.75) is 26.3 Å². The van der Waals surface area contributed by atoms with Gasteiger partial charge in [-0.05, 0) is 39.0 Å². The Bertz CT molecular complexity index is 427. The van der Waals surface area contributed by atoms with Crippen LogP contribution in [0.4, 0.5) is 0 Å². The zero-order valence-electron chi connectivity index (χ0n) is 10.1. The average Bonchev–Trinajstić information content (AvgIpc) is 2.14. The Morgan fingerprint density at radius 3 is 2.24 bits per heavy atom. The lowest BCUT2D eigenvalue weighted by Crippen LogP contribution is -2.39. The first-order valence-corrected chi connectivity index (χ1v) is 5.99. The smallest absolute Gasteiger partial charge is 0.244 e. The summed E-state index contributed by atoms with van der Waals surface area (Å²) in [6.45, 7) is 5.75. The molecule has 0 aliphatic heterocycles. The minimum Gasteiger partial charge on any atom is -0.348 e. The highest BCUT2D eigenvalue weighted by atomic mass is 35.5. The minimum absolute atomic E-state index is 0.173. The molecule has 0 aliphatic rings. The Labute approximate surface area is 112 Å². The second-order valence-electron chi connectivity index (χ2n) is 4.71. The van der Waals surface area contributed by atoms with Crippen molar-refractivity contribution in [2.24, 2.45) is 0 Å². The molecule has 0 heterocycles. The highest BCUT2D eigenvalue weighted by molar-refractivity contribution is 6.37. The Balaban J connectivity index is 2.81. The van der Waals surface area contributed by atoms with Gasteiger partial charge in [0.1, 0.15) is 0 Å². The Morgan fingerprint density at radius 2 is 1.76 bits per heavy atom. The number of hydrogen-bond acceptors (Lipinski definition) is 1. The molecule has 0 radical (unpaired) electrons. The maximum Gasteiger partial charge on any atom is 0.244 e. The van der Waals surface area contributed by atoms with Crippen LogP contribution in [0.2, 0.25) is 10.0 Å². The summed E-state index contributed by atoms with van der Waals surface area (Å²) in [4.78, 5) is 11.6. The van der Waals surface area contributed by atoms with Crippen molar-refractivity contribution in [3.8, 4) is 0 Å². The predicted molar refractivity (Wildman–Crippen MR) is 73.4 cm³/mol. The molecule has 0 fully saturated rings. The van der Waals surface area contributed by atoms with Crippen molar-refractivity contribution in [2.75, 3.05) is 0 Å². The monoisotopic (exact) mass is 271 g/mol. The predicted octanol–water partition coefficient (Wildman–Crippen LogP) is 3.92. The summed E-state index contributed by atoms with van der Waals surface area (Å²) >= 11 is 12.0. The van der Waals surface area contributed by atoms with Crippen LogP contribution in [0.25, 0.3) is 6.08 Å². The van der Waals surface area contributed by atoms with E-state index in [0.29, 0.717) is 15.6 Å². The highest BCUT2D eigenvalue weighted by Crippen LogP contribution is 2.25. The topological polar surface area (TPSA) is 29.1 Å². The van der Waals surface area contributed by atoms with Crippen LogP contribution in [0.1, 0.15) is 26.3 Å². The maximum atomic E-state index is 11.6. The summed E-state index contributed by atoms with van der Waals surface area (Å²) in [6, 6.07) is 5.22. The van der Waals surface area contributed by atoms with Gasteiger partial charge in [-0.2, -0.15) is 0 Å². The number of carbonyl (C=O) groups excluding carboxylic acids is 1. The minimum atomic E-state index is -0.258. The number of nitrogens with one attached hydrogen (secondary N) is 1. The first-order chi connectivity index (χ1) is 7.79. The van der Waals surface area contributed by atoms with Crippen molar-refractivity contribution < 1.29 is 4.79 Å². The summed E-state index contributed by atoms with van der Waals surface area (Å²) in [5.41, 5.74) is 0.394. The van der Waals surface area contributed by atoms with Crippen molar-refractivity contribution >= 4 is 35.2 Å². The fourth-order valence-corrected chi connectivity index (χ4v) is 1.76. The van der Waals surface area contributed by atoms with E-state index in [0.717, 1.165) is 0 Å². The molecule has 1 amide bonds. The van der Waals surface area contributed by atoms with Crippen molar-refractivity contribution in [1.82, 2.24) is 5.32 Å². The van der Waals surface area contributed by atoms with Gasteiger partial charge < -0.3 is 5.32 Å². The molecule has 0 aliphatic carbocycles. The second kappa shape index (κ2) is 5.56. The van der Waals surface area contributed by atoms with Crippen LogP contribution in [0.3, 0.4) is 0 Å². The lowest BCUT2D eigenvalue weighted by molar-refractivity contribution is -0.117. The van der Waals surface area contributed by atoms with E-state index in [1.54, 1.807) is 24.3 Å². The van der Waals surface area contributed by atoms with Crippen molar-refractivity contribution in [3.05, 3.63) is 39.9 Å². The van der Waals surface area contributed by atoms with Crippen LogP contribution in [-0.4, -0.2) is 11.4 Å². The zero-order valence-corrected chi connectivity index (χ0v) is 11.6. The number of benzene rings is 1. The van der Waals surface area contributed by atoms with Gasteiger partial charge in [-0.1, -0.05) is 29.3 Å². The standard InChI is InChI=1S/C13H15Cl2NO/c1-13(2,3)16-12(17)8-7-9-10(14)5-4-6-11(9)15/h4-8H,1-3H3,(H,16,17). The van der Waals surface area contributed by atoms with E-state index in [-0.39, 0.29) is 11.4 Å². The van der Waals surface area contributed by atoms with E-state index in [1.807, 2.05) is 20.8 Å². The number of rotatable bonds is 2.